The minimum absolute atomic E-state index is 0.0856. The Labute approximate surface area is 466 Å². The van der Waals surface area contributed by atoms with Crippen molar-refractivity contribution in [2.75, 3.05) is 26.4 Å². The van der Waals surface area contributed by atoms with Crippen LogP contribution < -0.4 is 0 Å². The van der Waals surface area contributed by atoms with Crippen molar-refractivity contribution in [3.8, 4) is 0 Å². The van der Waals surface area contributed by atoms with E-state index in [0.29, 0.717) is 43.3 Å². The minimum Gasteiger partial charge on any atom is -0.479 e. The summed E-state index contributed by atoms with van der Waals surface area (Å²) in [4.78, 5) is 40.3. The second kappa shape index (κ2) is 23.1. The summed E-state index contributed by atoms with van der Waals surface area (Å²) < 4.78 is 49.0. The summed E-state index contributed by atoms with van der Waals surface area (Å²) in [6.07, 6.45) is -20.3. The summed E-state index contributed by atoms with van der Waals surface area (Å²) in [5.41, 5.74) is -3.55. The Morgan fingerprint density at radius 3 is 1.85 bits per heavy atom. The lowest BCUT2D eigenvalue weighted by Gasteiger charge is -2.72. The van der Waals surface area contributed by atoms with E-state index in [1.54, 1.807) is 39.8 Å². The van der Waals surface area contributed by atoms with Gasteiger partial charge < -0.3 is 99.2 Å². The first-order chi connectivity index (χ1) is 37.5. The molecule has 8 rings (SSSR count). The Morgan fingerprint density at radius 1 is 0.662 bits per heavy atom. The molecule has 0 aromatic carbocycles. The smallest absolute Gasteiger partial charge is 0.335 e. The topological polar surface area (TPSA) is 368 Å². The third-order valence-electron chi connectivity index (χ3n) is 21.5. The van der Waals surface area contributed by atoms with Crippen LogP contribution in [-0.2, 0) is 52.3 Å². The fourth-order valence-corrected chi connectivity index (χ4v) is 16.2. The molecule has 0 aromatic heterocycles. The molecule has 23 heteroatoms. The summed E-state index contributed by atoms with van der Waals surface area (Å²) in [5, 5.41) is 133. The fourth-order valence-electron chi connectivity index (χ4n) is 16.2. The molecule has 12 N–H and O–H groups in total. The second-order valence-electron chi connectivity index (χ2n) is 25.8. The summed E-state index contributed by atoms with van der Waals surface area (Å²) >= 11 is 0. The lowest BCUT2D eigenvalue weighted by atomic mass is 9.33. The lowest BCUT2D eigenvalue weighted by molar-refractivity contribution is -0.396. The van der Waals surface area contributed by atoms with Gasteiger partial charge in [-0.2, -0.15) is 0 Å². The highest BCUT2D eigenvalue weighted by Crippen LogP contribution is 2.76. The van der Waals surface area contributed by atoms with Crippen molar-refractivity contribution in [2.24, 2.45) is 56.2 Å². The number of carbonyl (C=O) groups is 3. The number of hydrogen-bond donors (Lipinski definition) is 12. The second-order valence-corrected chi connectivity index (χ2v) is 25.8. The number of fused-ring (bicyclic) bond motifs is 7. The number of carboxylic acids is 1. The summed E-state index contributed by atoms with van der Waals surface area (Å²) in [7, 11) is 0. The molecule has 0 aromatic rings. The first-order valence-corrected chi connectivity index (χ1v) is 28.2. The molecule has 0 bridgehead atoms. The molecule has 3 aliphatic heterocycles. The molecular formula is C57H88O23. The van der Waals surface area contributed by atoms with Crippen molar-refractivity contribution in [3.63, 3.8) is 0 Å². The lowest BCUT2D eigenvalue weighted by Crippen LogP contribution is -2.72. The molecular weight excluding hydrogens is 1050 g/mol. The van der Waals surface area contributed by atoms with Gasteiger partial charge >= 0.3 is 17.9 Å². The molecule has 23 nitrogen and oxygen atoms in total. The summed E-state index contributed by atoms with van der Waals surface area (Å²) in [5.74, 6) is -5.33. The number of esters is 2. The monoisotopic (exact) mass is 1140 g/mol. The average Bonchev–Trinajstić information content (AvgIpc) is 3.52. The van der Waals surface area contributed by atoms with Crippen molar-refractivity contribution >= 4 is 17.9 Å². The van der Waals surface area contributed by atoms with Gasteiger partial charge in [-0.3, -0.25) is 0 Å². The third-order valence-corrected chi connectivity index (χ3v) is 21.5. The standard InChI is InChI=1S/C57H88O23/c1-11-25(3)46(70)78-43-44(79-47(71)26(4)12-2)57(24-61)29(19-52(43,5)6)28-13-14-32-53(7)17-16-34(54(8,23-60)31(53)15-18-55(32,9)56(28,10)20-33(57)62)74-51-42(77-49-27(21-58)35(63)37(65)48(72)80-49)40(39(67)41(76-51)45(68)69)75-50-38(66)36(64)30(22-59)73-50/h11-13,27,29-44,48-51,58-67,72H,14-24H2,1-10H3,(H,68,69)/b25-11-,26-12+/t27-,29?,30+,31?,32?,33-,34+,35-,36+,37+,38-,39+,40+,41+,42-,43+,44+,48+,49-,50-,51-,53+,54?,55-,56-,57+/m1/s1. The van der Waals surface area contributed by atoms with Crippen LogP contribution in [0, 0.1) is 56.2 Å². The number of ether oxygens (including phenoxy) is 8. The van der Waals surface area contributed by atoms with Crippen LogP contribution in [0.4, 0.5) is 0 Å². The van der Waals surface area contributed by atoms with E-state index in [2.05, 4.69) is 26.8 Å². The Morgan fingerprint density at radius 2 is 1.29 bits per heavy atom. The van der Waals surface area contributed by atoms with Gasteiger partial charge in [0.2, 0.25) is 0 Å². The zero-order valence-corrected chi connectivity index (χ0v) is 47.5. The number of aliphatic carboxylic acids is 1. The number of carboxylic acid groups (broad SMARTS) is 1. The highest BCUT2D eigenvalue weighted by Gasteiger charge is 2.74. The number of aliphatic hydroxyl groups excluding tert-OH is 11. The predicted octanol–water partition coefficient (Wildman–Crippen LogP) is 0.469. The van der Waals surface area contributed by atoms with Gasteiger partial charge in [0.15, 0.2) is 37.4 Å². The largest absolute Gasteiger partial charge is 0.479 e. The maximum Gasteiger partial charge on any atom is 0.335 e. The Hall–Kier alpha value is -3.05. The zero-order chi connectivity index (χ0) is 59.1. The van der Waals surface area contributed by atoms with Crippen LogP contribution in [0.5, 0.6) is 0 Å². The van der Waals surface area contributed by atoms with Gasteiger partial charge in [-0.05, 0) is 107 Å². The number of aliphatic hydroxyl groups is 11. The van der Waals surface area contributed by atoms with Gasteiger partial charge in [0.25, 0.3) is 0 Å². The maximum atomic E-state index is 13.8. The van der Waals surface area contributed by atoms with Gasteiger partial charge in [0.1, 0.15) is 48.8 Å². The average molecular weight is 1140 g/mol. The van der Waals surface area contributed by atoms with Crippen LogP contribution in [0.3, 0.4) is 0 Å². The highest BCUT2D eigenvalue weighted by molar-refractivity contribution is 5.89. The van der Waals surface area contributed by atoms with Crippen molar-refractivity contribution in [2.45, 2.75) is 219 Å². The molecule has 0 amide bonds. The van der Waals surface area contributed by atoms with E-state index in [-0.39, 0.29) is 24.7 Å². The van der Waals surface area contributed by atoms with Gasteiger partial charge in [0, 0.05) is 22.0 Å². The maximum absolute atomic E-state index is 13.8. The molecule has 4 saturated carbocycles. The van der Waals surface area contributed by atoms with E-state index < -0.39 is 193 Å². The van der Waals surface area contributed by atoms with E-state index in [9.17, 15) is 75.7 Å². The van der Waals surface area contributed by atoms with Crippen LogP contribution >= 0.6 is 0 Å². The highest BCUT2D eigenvalue weighted by atomic mass is 16.8. The van der Waals surface area contributed by atoms with Crippen molar-refractivity contribution in [1.82, 2.24) is 0 Å². The van der Waals surface area contributed by atoms with Crippen molar-refractivity contribution < 1.29 is 114 Å². The molecule has 7 fully saturated rings. The molecule has 3 heterocycles. The molecule has 8 aliphatic rings. The van der Waals surface area contributed by atoms with Crippen LogP contribution in [0.1, 0.15) is 114 Å². The van der Waals surface area contributed by atoms with E-state index in [0.717, 1.165) is 5.57 Å². The molecule has 454 valence electrons. The SMILES string of the molecule is C/C=C(/C)C(=O)O[C@H]1[C@H](OC(=O)/C(C)=C/C)[C@@]2(CO)C(CC1(C)C)C1=CCC3[C@@]4(C)CC[C@H](O[C@@H]5O[C@H](C(=O)O)[C@@H](O)[C@H](O[C@H]6O[C@@H](CO)[C@H](O)[C@H]6O)[C@H]5O[C@@H]5O[C@H](O)[C@@H](O)[C@H](O)[C@H]5CO)C(C)(CO)C4CC[C@@]3(C)[C@]1(C)C[C@H]2O. The van der Waals surface area contributed by atoms with E-state index in [1.165, 1.54) is 0 Å². The van der Waals surface area contributed by atoms with Gasteiger partial charge in [-0.1, -0.05) is 65.3 Å². The first-order valence-electron chi connectivity index (χ1n) is 28.2. The van der Waals surface area contributed by atoms with Gasteiger partial charge in [0.05, 0.1) is 56.1 Å². The van der Waals surface area contributed by atoms with E-state index in [1.807, 2.05) is 20.8 Å². The quantitative estimate of drug-likeness (QED) is 0.0459. The molecule has 26 atom stereocenters. The van der Waals surface area contributed by atoms with Crippen molar-refractivity contribution in [1.29, 1.82) is 0 Å². The number of carbonyl (C=O) groups excluding carboxylic acids is 2. The molecule has 80 heavy (non-hydrogen) atoms. The van der Waals surface area contributed by atoms with Crippen LogP contribution in [0.15, 0.2) is 34.9 Å². The molecule has 0 spiro atoms. The van der Waals surface area contributed by atoms with E-state index in [4.69, 9.17) is 37.9 Å². The summed E-state index contributed by atoms with van der Waals surface area (Å²) in [6.45, 7) is 16.4. The zero-order valence-electron chi connectivity index (χ0n) is 47.5. The third kappa shape index (κ3) is 9.95. The van der Waals surface area contributed by atoms with E-state index >= 15 is 0 Å². The normalized spacial score (nSPS) is 49.3. The molecule has 0 radical (unpaired) electrons. The first kappa shape index (κ1) is 63.0. The Bertz CT molecular complexity index is 2380. The van der Waals surface area contributed by atoms with Crippen LogP contribution in [-0.4, -0.2) is 210 Å². The fraction of sp³-hybridized carbons (Fsp3) is 0.842. The Kier molecular flexibility index (Phi) is 18.2. The number of hydrogen-bond acceptors (Lipinski definition) is 22. The van der Waals surface area contributed by atoms with Gasteiger partial charge in [-0.25, -0.2) is 14.4 Å². The molecule has 5 aliphatic carbocycles. The minimum atomic E-state index is -2.15. The molecule has 4 unspecified atom stereocenters. The molecule has 3 saturated heterocycles. The van der Waals surface area contributed by atoms with Crippen LogP contribution in [0.2, 0.25) is 0 Å². The summed E-state index contributed by atoms with van der Waals surface area (Å²) in [6, 6.07) is 0. The van der Waals surface area contributed by atoms with Crippen molar-refractivity contribution in [3.05, 3.63) is 34.9 Å². The Balaban J connectivity index is 1.14. The predicted molar refractivity (Wildman–Crippen MR) is 276 cm³/mol. The number of rotatable bonds is 15. The van der Waals surface area contributed by atoms with Crippen LogP contribution in [0.25, 0.3) is 0 Å². The number of allylic oxidation sites excluding steroid dienone is 4. The van der Waals surface area contributed by atoms with Gasteiger partial charge in [-0.15, -0.1) is 0 Å².